The van der Waals surface area contributed by atoms with Gasteiger partial charge in [0.05, 0.1) is 5.92 Å². The summed E-state index contributed by atoms with van der Waals surface area (Å²) in [4.78, 5) is 24.8. The Labute approximate surface area is 115 Å². The van der Waals surface area contributed by atoms with Gasteiger partial charge in [-0.05, 0) is 24.7 Å². The molecular weight excluding hydrogens is 244 g/mol. The first kappa shape index (κ1) is 15.8. The molecular formula is C14H26N2O3. The minimum atomic E-state index is -0.847. The van der Waals surface area contributed by atoms with Crippen molar-refractivity contribution in [1.82, 2.24) is 10.2 Å². The van der Waals surface area contributed by atoms with Crippen molar-refractivity contribution < 1.29 is 14.7 Å². The van der Waals surface area contributed by atoms with Crippen molar-refractivity contribution in [3.05, 3.63) is 0 Å². The monoisotopic (exact) mass is 270 g/mol. The number of carbonyl (C=O) groups excluding carboxylic acids is 1. The summed E-state index contributed by atoms with van der Waals surface area (Å²) < 4.78 is 0. The lowest BCUT2D eigenvalue weighted by atomic mass is 9.94. The molecule has 0 aromatic heterocycles. The molecule has 1 saturated heterocycles. The number of aliphatic carboxylic acids is 1. The molecule has 1 aliphatic rings. The van der Waals surface area contributed by atoms with Crippen molar-refractivity contribution in [1.29, 1.82) is 0 Å². The van der Waals surface area contributed by atoms with Crippen LogP contribution in [-0.4, -0.2) is 41.6 Å². The van der Waals surface area contributed by atoms with E-state index in [2.05, 4.69) is 12.2 Å². The minimum Gasteiger partial charge on any atom is -0.481 e. The third-order valence-electron chi connectivity index (χ3n) is 4.07. The Bertz CT molecular complexity index is 310. The number of nitrogens with one attached hydrogen (secondary N) is 1. The van der Waals surface area contributed by atoms with Gasteiger partial charge in [0, 0.05) is 19.6 Å². The minimum absolute atomic E-state index is 0.0172. The summed E-state index contributed by atoms with van der Waals surface area (Å²) in [5.41, 5.74) is 0. The van der Waals surface area contributed by atoms with E-state index in [1.807, 2.05) is 13.8 Å². The average Bonchev–Trinajstić information content (AvgIpc) is 2.38. The zero-order chi connectivity index (χ0) is 14.4. The topological polar surface area (TPSA) is 69.6 Å². The number of likely N-dealkylation sites (tertiary alicyclic amines) is 1. The second-order valence-corrected chi connectivity index (χ2v) is 5.71. The highest BCUT2D eigenvalue weighted by Gasteiger charge is 2.25. The first-order chi connectivity index (χ1) is 8.95. The molecule has 1 fully saturated rings. The van der Waals surface area contributed by atoms with Crippen molar-refractivity contribution in [3.63, 3.8) is 0 Å². The molecule has 1 aliphatic heterocycles. The zero-order valence-corrected chi connectivity index (χ0v) is 12.2. The lowest BCUT2D eigenvalue weighted by Gasteiger charge is -2.32. The van der Waals surface area contributed by atoms with Crippen molar-refractivity contribution in [3.8, 4) is 0 Å². The fourth-order valence-electron chi connectivity index (χ4n) is 2.46. The summed E-state index contributed by atoms with van der Waals surface area (Å²) in [6.45, 7) is 7.67. The van der Waals surface area contributed by atoms with Gasteiger partial charge >= 0.3 is 12.0 Å². The number of carboxylic acid groups (broad SMARTS) is 1. The van der Waals surface area contributed by atoms with Crippen molar-refractivity contribution >= 4 is 12.0 Å². The molecule has 1 atom stereocenters. The van der Waals surface area contributed by atoms with Crippen LogP contribution in [0.3, 0.4) is 0 Å². The molecule has 1 heterocycles. The standard InChI is InChI=1S/C14H26N2O3/c1-4-11-5-7-16(8-6-11)14(19)15-9-12(10(2)3)13(17)18/h10-12H,4-9H2,1-3H3,(H,15,19)(H,17,18). The highest BCUT2D eigenvalue weighted by molar-refractivity contribution is 5.76. The van der Waals surface area contributed by atoms with E-state index in [0.717, 1.165) is 31.8 Å². The summed E-state index contributed by atoms with van der Waals surface area (Å²) in [5, 5.41) is 11.8. The molecule has 0 bridgehead atoms. The largest absolute Gasteiger partial charge is 0.481 e. The second kappa shape index (κ2) is 7.36. The van der Waals surface area contributed by atoms with E-state index in [1.54, 1.807) is 4.90 Å². The van der Waals surface area contributed by atoms with Crippen LogP contribution in [0, 0.1) is 17.8 Å². The first-order valence-electron chi connectivity index (χ1n) is 7.21. The lowest BCUT2D eigenvalue weighted by molar-refractivity contribution is -0.142. The van der Waals surface area contributed by atoms with E-state index in [4.69, 9.17) is 5.11 Å². The number of amides is 2. The Morgan fingerprint density at radius 3 is 2.32 bits per heavy atom. The molecule has 19 heavy (non-hydrogen) atoms. The van der Waals surface area contributed by atoms with Gasteiger partial charge in [0.1, 0.15) is 0 Å². The van der Waals surface area contributed by atoms with Crippen LogP contribution >= 0.6 is 0 Å². The molecule has 0 radical (unpaired) electrons. The Balaban J connectivity index is 2.37. The number of carboxylic acids is 1. The van der Waals surface area contributed by atoms with Crippen molar-refractivity contribution in [2.24, 2.45) is 17.8 Å². The van der Waals surface area contributed by atoms with Crippen LogP contribution in [0.15, 0.2) is 0 Å². The van der Waals surface area contributed by atoms with Crippen LogP contribution in [0.4, 0.5) is 4.79 Å². The Kier molecular flexibility index (Phi) is 6.12. The molecule has 0 aliphatic carbocycles. The molecule has 5 heteroatoms. The van der Waals surface area contributed by atoms with Crippen LogP contribution in [0.5, 0.6) is 0 Å². The SMILES string of the molecule is CCC1CCN(C(=O)NCC(C(=O)O)C(C)C)CC1. The highest BCUT2D eigenvalue weighted by atomic mass is 16.4. The van der Waals surface area contributed by atoms with Gasteiger partial charge in [-0.25, -0.2) is 4.79 Å². The van der Waals surface area contributed by atoms with Crippen molar-refractivity contribution in [2.45, 2.75) is 40.0 Å². The number of rotatable bonds is 5. The molecule has 1 rings (SSSR count). The van der Waals surface area contributed by atoms with Crippen LogP contribution in [-0.2, 0) is 4.79 Å². The third kappa shape index (κ3) is 4.73. The Morgan fingerprint density at radius 1 is 1.32 bits per heavy atom. The number of urea groups is 1. The molecule has 0 aromatic carbocycles. The van der Waals surface area contributed by atoms with Gasteiger partial charge in [-0.15, -0.1) is 0 Å². The van der Waals surface area contributed by atoms with E-state index in [1.165, 1.54) is 6.42 Å². The summed E-state index contributed by atoms with van der Waals surface area (Å²) >= 11 is 0. The zero-order valence-electron chi connectivity index (χ0n) is 12.2. The average molecular weight is 270 g/mol. The van der Waals surface area contributed by atoms with Gasteiger partial charge in [-0.2, -0.15) is 0 Å². The van der Waals surface area contributed by atoms with Gasteiger partial charge < -0.3 is 15.3 Å². The van der Waals surface area contributed by atoms with Gasteiger partial charge in [-0.1, -0.05) is 27.2 Å². The van der Waals surface area contributed by atoms with Crippen LogP contribution in [0.2, 0.25) is 0 Å². The summed E-state index contributed by atoms with van der Waals surface area (Å²) in [6.07, 6.45) is 3.27. The Morgan fingerprint density at radius 2 is 1.89 bits per heavy atom. The smallest absolute Gasteiger partial charge is 0.317 e. The van der Waals surface area contributed by atoms with Gasteiger partial charge in [0.25, 0.3) is 0 Å². The van der Waals surface area contributed by atoms with Gasteiger partial charge in [-0.3, -0.25) is 4.79 Å². The summed E-state index contributed by atoms with van der Waals surface area (Å²) in [7, 11) is 0. The molecule has 1 unspecified atom stereocenters. The van der Waals surface area contributed by atoms with Gasteiger partial charge in [0.15, 0.2) is 0 Å². The fraction of sp³-hybridized carbons (Fsp3) is 0.857. The predicted molar refractivity (Wildman–Crippen MR) is 74.0 cm³/mol. The molecule has 0 aromatic rings. The van der Waals surface area contributed by atoms with E-state index in [0.29, 0.717) is 0 Å². The maximum atomic E-state index is 12.0. The molecule has 0 saturated carbocycles. The highest BCUT2D eigenvalue weighted by Crippen LogP contribution is 2.19. The predicted octanol–water partition coefficient (Wildman–Crippen LogP) is 2.17. The van der Waals surface area contributed by atoms with E-state index in [-0.39, 0.29) is 18.5 Å². The van der Waals surface area contributed by atoms with E-state index >= 15 is 0 Å². The van der Waals surface area contributed by atoms with E-state index in [9.17, 15) is 9.59 Å². The fourth-order valence-corrected chi connectivity index (χ4v) is 2.46. The normalized spacial score (nSPS) is 18.4. The molecule has 110 valence electrons. The number of carbonyl (C=O) groups is 2. The van der Waals surface area contributed by atoms with Gasteiger partial charge in [0.2, 0.25) is 0 Å². The quantitative estimate of drug-likeness (QED) is 0.804. The Hall–Kier alpha value is -1.26. The molecule has 0 spiro atoms. The number of piperidine rings is 1. The summed E-state index contributed by atoms with van der Waals surface area (Å²) in [5.74, 6) is -0.618. The summed E-state index contributed by atoms with van der Waals surface area (Å²) in [6, 6.07) is -0.124. The van der Waals surface area contributed by atoms with Crippen LogP contribution in [0.1, 0.15) is 40.0 Å². The van der Waals surface area contributed by atoms with Crippen LogP contribution < -0.4 is 5.32 Å². The maximum absolute atomic E-state index is 12.0. The molecule has 5 nitrogen and oxygen atoms in total. The van der Waals surface area contributed by atoms with Crippen molar-refractivity contribution in [2.75, 3.05) is 19.6 Å². The maximum Gasteiger partial charge on any atom is 0.317 e. The number of hydrogen-bond donors (Lipinski definition) is 2. The second-order valence-electron chi connectivity index (χ2n) is 5.71. The first-order valence-corrected chi connectivity index (χ1v) is 7.21. The number of hydrogen-bond acceptors (Lipinski definition) is 2. The molecule has 2 N–H and O–H groups in total. The lowest BCUT2D eigenvalue weighted by Crippen LogP contribution is -2.46. The van der Waals surface area contributed by atoms with E-state index < -0.39 is 11.9 Å². The molecule has 2 amide bonds. The van der Waals surface area contributed by atoms with Crippen LogP contribution in [0.25, 0.3) is 0 Å². The number of nitrogens with zero attached hydrogens (tertiary/aromatic N) is 1. The third-order valence-corrected chi connectivity index (χ3v) is 4.07.